The topological polar surface area (TPSA) is 39.2 Å². The van der Waals surface area contributed by atoms with Gasteiger partial charge in [-0.15, -0.1) is 0 Å². The number of nitrogens with zero attached hydrogens (tertiary/aromatic N) is 1. The van der Waals surface area contributed by atoms with Gasteiger partial charge in [0.1, 0.15) is 6.29 Å². The molecule has 2 rings (SSSR count). The van der Waals surface area contributed by atoms with Crippen LogP contribution in [-0.4, -0.2) is 25.0 Å². The van der Waals surface area contributed by atoms with E-state index in [1.54, 1.807) is 19.5 Å². The first-order valence-electron chi connectivity index (χ1n) is 5.75. The van der Waals surface area contributed by atoms with E-state index < -0.39 is 0 Å². The van der Waals surface area contributed by atoms with Crippen LogP contribution in [0.15, 0.2) is 18.5 Å². The van der Waals surface area contributed by atoms with Gasteiger partial charge in [-0.2, -0.15) is 0 Å². The Morgan fingerprint density at radius 1 is 1.59 bits per heavy atom. The van der Waals surface area contributed by atoms with Gasteiger partial charge in [0.15, 0.2) is 0 Å². The molecule has 0 atom stereocenters. The fourth-order valence-electron chi connectivity index (χ4n) is 1.79. The number of halogens is 1. The van der Waals surface area contributed by atoms with Gasteiger partial charge in [0.05, 0.1) is 10.4 Å². The Bertz CT molecular complexity index is 362. The molecule has 94 valence electrons. The molecule has 0 aromatic carbocycles. The minimum atomic E-state index is -0.306. The number of aromatic nitrogens is 1. The Morgan fingerprint density at radius 2 is 2.24 bits per heavy atom. The molecule has 0 spiro atoms. The minimum absolute atomic E-state index is 0.306. The van der Waals surface area contributed by atoms with Crippen molar-refractivity contribution in [2.45, 2.75) is 31.6 Å². The van der Waals surface area contributed by atoms with Crippen LogP contribution in [0.4, 0.5) is 0 Å². The highest BCUT2D eigenvalue weighted by atomic mass is 35.5. The van der Waals surface area contributed by atoms with Crippen LogP contribution in [-0.2, 0) is 14.9 Å². The molecule has 0 aliphatic heterocycles. The van der Waals surface area contributed by atoms with Gasteiger partial charge in [0.25, 0.3) is 0 Å². The fraction of sp³-hybridized carbons (Fsp3) is 0.538. The van der Waals surface area contributed by atoms with Crippen molar-refractivity contribution in [1.29, 1.82) is 0 Å². The van der Waals surface area contributed by atoms with Gasteiger partial charge in [-0.05, 0) is 31.4 Å². The third-order valence-electron chi connectivity index (χ3n) is 3.07. The van der Waals surface area contributed by atoms with Crippen LogP contribution in [0.1, 0.15) is 31.7 Å². The van der Waals surface area contributed by atoms with E-state index in [1.807, 2.05) is 13.0 Å². The summed E-state index contributed by atoms with van der Waals surface area (Å²) in [6, 6.07) is 1.84. The summed E-state index contributed by atoms with van der Waals surface area (Å²) in [6.07, 6.45) is 7.25. The third-order valence-corrected chi connectivity index (χ3v) is 3.37. The molecule has 0 saturated heterocycles. The van der Waals surface area contributed by atoms with Gasteiger partial charge in [0, 0.05) is 26.1 Å². The van der Waals surface area contributed by atoms with E-state index in [9.17, 15) is 4.79 Å². The molecule has 0 amide bonds. The van der Waals surface area contributed by atoms with Crippen molar-refractivity contribution in [1.82, 2.24) is 4.98 Å². The van der Waals surface area contributed by atoms with Gasteiger partial charge in [0.2, 0.25) is 0 Å². The molecule has 1 fully saturated rings. The van der Waals surface area contributed by atoms with E-state index in [1.165, 1.54) is 0 Å². The minimum Gasteiger partial charge on any atom is -0.385 e. The molecule has 0 bridgehead atoms. The van der Waals surface area contributed by atoms with Crippen molar-refractivity contribution in [3.8, 4) is 0 Å². The number of rotatable bonds is 3. The van der Waals surface area contributed by atoms with E-state index in [-0.39, 0.29) is 5.41 Å². The number of aldehydes is 1. The number of pyridine rings is 1. The molecule has 0 unspecified atom stereocenters. The molecule has 1 aliphatic rings. The van der Waals surface area contributed by atoms with Crippen LogP contribution >= 0.6 is 11.6 Å². The van der Waals surface area contributed by atoms with Crippen molar-refractivity contribution in [2.75, 3.05) is 13.7 Å². The standard InChI is InChI=1S/C10H10ClNO.C3H8O/c11-9-6-12-5-2-8(9)10(7-13)3-1-4-10;1-3-4-2/h2,5-7H,1,3-4H2;3H2,1-2H3. The predicted molar refractivity (Wildman–Crippen MR) is 68.4 cm³/mol. The molecular weight excluding hydrogens is 238 g/mol. The predicted octanol–water partition coefficient (Wildman–Crippen LogP) is 3.01. The summed E-state index contributed by atoms with van der Waals surface area (Å²) in [7, 11) is 1.68. The smallest absolute Gasteiger partial charge is 0.130 e. The molecular formula is C13H18ClNO2. The van der Waals surface area contributed by atoms with Crippen LogP contribution < -0.4 is 0 Å². The lowest BCUT2D eigenvalue weighted by Crippen LogP contribution is -2.36. The van der Waals surface area contributed by atoms with Crippen LogP contribution in [0.3, 0.4) is 0 Å². The Labute approximate surface area is 107 Å². The highest BCUT2D eigenvalue weighted by Gasteiger charge is 2.39. The second kappa shape index (κ2) is 6.72. The quantitative estimate of drug-likeness (QED) is 0.780. The van der Waals surface area contributed by atoms with Crippen LogP contribution in [0.25, 0.3) is 0 Å². The SMILES string of the molecule is CCOC.O=CC1(c2ccncc2Cl)CCC1. The number of carbonyl (C=O) groups excluding carboxylic acids is 1. The van der Waals surface area contributed by atoms with Crippen molar-refractivity contribution in [3.05, 3.63) is 29.0 Å². The number of carbonyl (C=O) groups is 1. The number of hydrogen-bond acceptors (Lipinski definition) is 3. The molecule has 17 heavy (non-hydrogen) atoms. The molecule has 1 aromatic rings. The second-order valence-electron chi connectivity index (χ2n) is 4.06. The first kappa shape index (κ1) is 14.1. The molecule has 1 saturated carbocycles. The molecule has 0 N–H and O–H groups in total. The average Bonchev–Trinajstić information content (AvgIpc) is 2.31. The Morgan fingerprint density at radius 3 is 2.59 bits per heavy atom. The van der Waals surface area contributed by atoms with Crippen LogP contribution in [0.2, 0.25) is 5.02 Å². The van der Waals surface area contributed by atoms with Gasteiger partial charge in [-0.25, -0.2) is 0 Å². The van der Waals surface area contributed by atoms with E-state index >= 15 is 0 Å². The van der Waals surface area contributed by atoms with Crippen molar-refractivity contribution in [2.24, 2.45) is 0 Å². The largest absolute Gasteiger partial charge is 0.385 e. The van der Waals surface area contributed by atoms with Gasteiger partial charge in [-0.1, -0.05) is 18.0 Å². The number of hydrogen-bond donors (Lipinski definition) is 0. The Hall–Kier alpha value is -0.930. The average molecular weight is 256 g/mol. The zero-order chi connectivity index (χ0) is 12.7. The highest BCUT2D eigenvalue weighted by molar-refractivity contribution is 6.31. The highest BCUT2D eigenvalue weighted by Crippen LogP contribution is 2.44. The summed E-state index contributed by atoms with van der Waals surface area (Å²) < 4.78 is 4.54. The number of methoxy groups -OCH3 is 1. The summed E-state index contributed by atoms with van der Waals surface area (Å²) >= 11 is 5.98. The zero-order valence-corrected chi connectivity index (χ0v) is 11.0. The molecule has 1 heterocycles. The van der Waals surface area contributed by atoms with Crippen molar-refractivity contribution < 1.29 is 9.53 Å². The first-order valence-corrected chi connectivity index (χ1v) is 6.13. The maximum Gasteiger partial charge on any atom is 0.130 e. The normalized spacial score (nSPS) is 16.4. The third kappa shape index (κ3) is 3.27. The monoisotopic (exact) mass is 255 g/mol. The summed E-state index contributed by atoms with van der Waals surface area (Å²) in [6.45, 7) is 2.78. The molecule has 1 aliphatic carbocycles. The summed E-state index contributed by atoms with van der Waals surface area (Å²) in [5, 5.41) is 0.606. The van der Waals surface area contributed by atoms with Gasteiger partial charge >= 0.3 is 0 Å². The first-order chi connectivity index (χ1) is 8.20. The lowest BCUT2D eigenvalue weighted by atomic mass is 9.66. The summed E-state index contributed by atoms with van der Waals surface area (Å²) in [5.41, 5.74) is 0.630. The van der Waals surface area contributed by atoms with Crippen molar-refractivity contribution >= 4 is 17.9 Å². The Kier molecular flexibility index (Phi) is 5.59. The molecule has 3 nitrogen and oxygen atoms in total. The summed E-state index contributed by atoms with van der Waals surface area (Å²) in [5.74, 6) is 0. The second-order valence-corrected chi connectivity index (χ2v) is 4.47. The summed E-state index contributed by atoms with van der Waals surface area (Å²) in [4.78, 5) is 14.9. The molecule has 1 aromatic heterocycles. The molecule has 4 heteroatoms. The van der Waals surface area contributed by atoms with Crippen LogP contribution in [0.5, 0.6) is 0 Å². The van der Waals surface area contributed by atoms with Crippen molar-refractivity contribution in [3.63, 3.8) is 0 Å². The van der Waals surface area contributed by atoms with E-state index in [0.717, 1.165) is 37.7 Å². The zero-order valence-electron chi connectivity index (χ0n) is 10.3. The van der Waals surface area contributed by atoms with Crippen LogP contribution in [0, 0.1) is 0 Å². The maximum absolute atomic E-state index is 11.0. The maximum atomic E-state index is 11.0. The van der Waals surface area contributed by atoms with E-state index in [4.69, 9.17) is 11.6 Å². The van der Waals surface area contributed by atoms with E-state index in [0.29, 0.717) is 5.02 Å². The lowest BCUT2D eigenvalue weighted by molar-refractivity contribution is -0.115. The van der Waals surface area contributed by atoms with Gasteiger partial charge < -0.3 is 9.53 Å². The van der Waals surface area contributed by atoms with Gasteiger partial charge in [-0.3, -0.25) is 4.98 Å². The number of ether oxygens (including phenoxy) is 1. The van der Waals surface area contributed by atoms with E-state index in [2.05, 4.69) is 9.72 Å². The molecule has 0 radical (unpaired) electrons. The lowest BCUT2D eigenvalue weighted by Gasteiger charge is -2.37. The fourth-order valence-corrected chi connectivity index (χ4v) is 2.09. The Balaban J connectivity index is 0.000000317.